The minimum absolute atomic E-state index is 0.479. The number of hydrogen-bond acceptors (Lipinski definition) is 2. The number of aryl methyl sites for hydroxylation is 2. The summed E-state index contributed by atoms with van der Waals surface area (Å²) in [6.45, 7) is 2.47. The molecular formula is C7H11N5. The van der Waals surface area contributed by atoms with Crippen LogP contribution in [0, 0.1) is 6.92 Å². The minimum Gasteiger partial charge on any atom is -0.273 e. The van der Waals surface area contributed by atoms with E-state index in [4.69, 9.17) is 5.53 Å². The van der Waals surface area contributed by atoms with E-state index in [1.807, 2.05) is 24.7 Å². The fourth-order valence-electron chi connectivity index (χ4n) is 0.966. The molecule has 1 heterocycles. The fraction of sp³-hybridized carbons (Fsp3) is 0.571. The van der Waals surface area contributed by atoms with Gasteiger partial charge in [0.1, 0.15) is 0 Å². The van der Waals surface area contributed by atoms with Gasteiger partial charge in [-0.1, -0.05) is 5.11 Å². The Morgan fingerprint density at radius 3 is 3.00 bits per heavy atom. The maximum Gasteiger partial charge on any atom is 0.0628 e. The Balaban J connectivity index is 2.58. The summed E-state index contributed by atoms with van der Waals surface area (Å²) in [5.74, 6) is 0. The average molecular weight is 165 g/mol. The van der Waals surface area contributed by atoms with Crippen molar-refractivity contribution in [2.24, 2.45) is 12.2 Å². The van der Waals surface area contributed by atoms with Crippen LogP contribution in [0.4, 0.5) is 0 Å². The van der Waals surface area contributed by atoms with Gasteiger partial charge in [0.15, 0.2) is 0 Å². The van der Waals surface area contributed by atoms with Crippen molar-refractivity contribution in [3.63, 3.8) is 0 Å². The molecule has 0 saturated carbocycles. The summed E-state index contributed by atoms with van der Waals surface area (Å²) in [7, 11) is 1.90. The van der Waals surface area contributed by atoms with Crippen molar-refractivity contribution in [3.05, 3.63) is 27.9 Å². The second-order valence-electron chi connectivity index (χ2n) is 2.61. The van der Waals surface area contributed by atoms with Crippen molar-refractivity contribution in [2.75, 3.05) is 6.54 Å². The van der Waals surface area contributed by atoms with Crippen LogP contribution < -0.4 is 0 Å². The van der Waals surface area contributed by atoms with Crippen LogP contribution in [0.25, 0.3) is 10.4 Å². The first-order valence-corrected chi connectivity index (χ1v) is 3.74. The Kier molecular flexibility index (Phi) is 2.71. The molecule has 0 aliphatic heterocycles. The molecule has 0 bridgehead atoms. The number of aromatic nitrogens is 2. The topological polar surface area (TPSA) is 66.6 Å². The molecular weight excluding hydrogens is 154 g/mol. The predicted molar refractivity (Wildman–Crippen MR) is 45.7 cm³/mol. The molecule has 0 unspecified atom stereocenters. The van der Waals surface area contributed by atoms with Gasteiger partial charge in [0, 0.05) is 24.2 Å². The molecule has 0 aliphatic rings. The third kappa shape index (κ3) is 2.00. The van der Waals surface area contributed by atoms with Gasteiger partial charge >= 0.3 is 0 Å². The molecule has 0 atom stereocenters. The quantitative estimate of drug-likeness (QED) is 0.381. The molecule has 1 aromatic rings. The highest BCUT2D eigenvalue weighted by Crippen LogP contribution is 2.01. The second kappa shape index (κ2) is 3.78. The lowest BCUT2D eigenvalue weighted by molar-refractivity contribution is 0.718. The Morgan fingerprint density at radius 1 is 1.75 bits per heavy atom. The van der Waals surface area contributed by atoms with E-state index >= 15 is 0 Å². The van der Waals surface area contributed by atoms with Crippen LogP contribution in [0.2, 0.25) is 0 Å². The van der Waals surface area contributed by atoms with Crippen molar-refractivity contribution < 1.29 is 0 Å². The van der Waals surface area contributed by atoms with Crippen LogP contribution >= 0.6 is 0 Å². The molecule has 64 valence electrons. The van der Waals surface area contributed by atoms with E-state index in [2.05, 4.69) is 15.1 Å². The predicted octanol–water partition coefficient (Wildman–Crippen LogP) is 1.58. The van der Waals surface area contributed by atoms with Gasteiger partial charge in [-0.2, -0.15) is 5.10 Å². The molecule has 1 aromatic heterocycles. The van der Waals surface area contributed by atoms with E-state index in [-0.39, 0.29) is 0 Å². The Bertz CT molecular complexity index is 288. The van der Waals surface area contributed by atoms with E-state index in [1.54, 1.807) is 0 Å². The summed E-state index contributed by atoms with van der Waals surface area (Å²) in [6, 6.07) is 1.99. The molecule has 0 spiro atoms. The van der Waals surface area contributed by atoms with E-state index in [0.29, 0.717) is 13.0 Å². The Hall–Kier alpha value is -1.48. The fourth-order valence-corrected chi connectivity index (χ4v) is 0.966. The molecule has 0 aromatic carbocycles. The third-order valence-electron chi connectivity index (χ3n) is 1.70. The molecule has 5 nitrogen and oxygen atoms in total. The van der Waals surface area contributed by atoms with Gasteiger partial charge in [0.05, 0.1) is 5.69 Å². The molecule has 5 heteroatoms. The molecule has 1 rings (SSSR count). The van der Waals surface area contributed by atoms with Crippen LogP contribution in [0.5, 0.6) is 0 Å². The second-order valence-corrected chi connectivity index (χ2v) is 2.61. The van der Waals surface area contributed by atoms with Gasteiger partial charge in [0.25, 0.3) is 0 Å². The summed E-state index contributed by atoms with van der Waals surface area (Å²) in [5, 5.41) is 7.65. The highest BCUT2D eigenvalue weighted by Gasteiger charge is 1.98. The molecule has 0 aliphatic carbocycles. The smallest absolute Gasteiger partial charge is 0.0628 e. The summed E-state index contributed by atoms with van der Waals surface area (Å²) < 4.78 is 1.81. The van der Waals surface area contributed by atoms with Crippen LogP contribution in [-0.2, 0) is 13.5 Å². The molecule has 0 fully saturated rings. The summed E-state index contributed by atoms with van der Waals surface area (Å²) in [5.41, 5.74) is 10.1. The zero-order chi connectivity index (χ0) is 8.97. The highest BCUT2D eigenvalue weighted by atomic mass is 15.3. The van der Waals surface area contributed by atoms with Gasteiger partial charge in [-0.05, 0) is 24.9 Å². The van der Waals surface area contributed by atoms with E-state index in [0.717, 1.165) is 11.4 Å². The summed E-state index contributed by atoms with van der Waals surface area (Å²) in [6.07, 6.45) is 0.714. The van der Waals surface area contributed by atoms with Crippen LogP contribution in [0.15, 0.2) is 11.2 Å². The Morgan fingerprint density at radius 2 is 2.50 bits per heavy atom. The van der Waals surface area contributed by atoms with Gasteiger partial charge in [-0.3, -0.25) is 4.68 Å². The summed E-state index contributed by atoms with van der Waals surface area (Å²) >= 11 is 0. The first kappa shape index (κ1) is 8.62. The minimum atomic E-state index is 0.479. The van der Waals surface area contributed by atoms with Crippen molar-refractivity contribution in [1.29, 1.82) is 0 Å². The third-order valence-corrected chi connectivity index (χ3v) is 1.70. The van der Waals surface area contributed by atoms with Crippen molar-refractivity contribution >= 4 is 0 Å². The number of hydrogen-bond donors (Lipinski definition) is 0. The lowest BCUT2D eigenvalue weighted by Crippen LogP contribution is -1.94. The molecule has 12 heavy (non-hydrogen) atoms. The zero-order valence-electron chi connectivity index (χ0n) is 7.23. The van der Waals surface area contributed by atoms with Crippen LogP contribution in [-0.4, -0.2) is 16.3 Å². The van der Waals surface area contributed by atoms with E-state index < -0.39 is 0 Å². The SMILES string of the molecule is Cc1cc(CCN=[N+]=[N-])nn1C. The van der Waals surface area contributed by atoms with Crippen molar-refractivity contribution in [2.45, 2.75) is 13.3 Å². The normalized spacial score (nSPS) is 9.50. The van der Waals surface area contributed by atoms with Crippen LogP contribution in [0.1, 0.15) is 11.4 Å². The van der Waals surface area contributed by atoms with Crippen molar-refractivity contribution in [1.82, 2.24) is 9.78 Å². The molecule has 0 radical (unpaired) electrons. The standard InChI is InChI=1S/C7H11N5/c1-6-5-7(10-12(6)2)3-4-9-11-8/h5H,3-4H2,1-2H3. The van der Waals surface area contributed by atoms with Gasteiger partial charge in [0.2, 0.25) is 0 Å². The molecule has 0 saturated heterocycles. The molecule has 0 N–H and O–H groups in total. The maximum absolute atomic E-state index is 8.04. The van der Waals surface area contributed by atoms with Gasteiger partial charge < -0.3 is 0 Å². The average Bonchev–Trinajstić information content (AvgIpc) is 2.32. The lowest BCUT2D eigenvalue weighted by Gasteiger charge is -1.89. The van der Waals surface area contributed by atoms with Gasteiger partial charge in [-0.25, -0.2) is 0 Å². The Labute approximate surface area is 70.6 Å². The molecule has 0 amide bonds. The number of rotatable bonds is 3. The first-order chi connectivity index (χ1) is 5.74. The van der Waals surface area contributed by atoms with Crippen molar-refractivity contribution in [3.8, 4) is 0 Å². The van der Waals surface area contributed by atoms with E-state index in [9.17, 15) is 0 Å². The number of nitrogens with zero attached hydrogens (tertiary/aromatic N) is 5. The van der Waals surface area contributed by atoms with Crippen LogP contribution in [0.3, 0.4) is 0 Å². The maximum atomic E-state index is 8.04. The largest absolute Gasteiger partial charge is 0.273 e. The van der Waals surface area contributed by atoms with E-state index in [1.165, 1.54) is 0 Å². The lowest BCUT2D eigenvalue weighted by atomic mass is 10.3. The van der Waals surface area contributed by atoms with Gasteiger partial charge in [-0.15, -0.1) is 0 Å². The first-order valence-electron chi connectivity index (χ1n) is 3.74. The zero-order valence-corrected chi connectivity index (χ0v) is 7.23. The monoisotopic (exact) mass is 165 g/mol. The highest BCUT2D eigenvalue weighted by molar-refractivity contribution is 5.08. The number of azide groups is 1. The summed E-state index contributed by atoms with van der Waals surface area (Å²) in [4.78, 5) is 2.67.